The molecule has 1 aromatic carbocycles. The van der Waals surface area contributed by atoms with E-state index in [9.17, 15) is 4.79 Å². The summed E-state index contributed by atoms with van der Waals surface area (Å²) in [5, 5.41) is 3.60. The van der Waals surface area contributed by atoms with Gasteiger partial charge in [-0.25, -0.2) is 4.79 Å². The lowest BCUT2D eigenvalue weighted by molar-refractivity contribution is 0.0401. The molecule has 1 aliphatic rings. The molecule has 0 aliphatic carbocycles. The third-order valence-corrected chi connectivity index (χ3v) is 4.31. The average Bonchev–Trinajstić information content (AvgIpc) is 3.23. The van der Waals surface area contributed by atoms with Gasteiger partial charge in [0.05, 0.1) is 13.7 Å². The zero-order chi connectivity index (χ0) is 16.2. The number of carbonyl (C=O) groups excluding carboxylic acids is 1. The number of aromatic nitrogens is 1. The maximum atomic E-state index is 11.9. The first kappa shape index (κ1) is 15.6. The summed E-state index contributed by atoms with van der Waals surface area (Å²) >= 11 is 0. The van der Waals surface area contributed by atoms with Gasteiger partial charge in [0.25, 0.3) is 0 Å². The van der Waals surface area contributed by atoms with Gasteiger partial charge < -0.3 is 14.0 Å². The van der Waals surface area contributed by atoms with Crippen molar-refractivity contribution in [3.05, 3.63) is 47.9 Å². The number of esters is 1. The average molecular weight is 316 g/mol. The van der Waals surface area contributed by atoms with Gasteiger partial charge >= 0.3 is 5.97 Å². The SMILES string of the molecule is COc1ccc([C@H]2[C@H](COC(=O)c3ccon3)CCN2C)cc1. The first-order valence-electron chi connectivity index (χ1n) is 7.60. The molecule has 0 unspecified atom stereocenters. The summed E-state index contributed by atoms with van der Waals surface area (Å²) in [6, 6.07) is 9.78. The number of ether oxygens (including phenoxy) is 2. The van der Waals surface area contributed by atoms with E-state index in [0.29, 0.717) is 6.61 Å². The number of hydrogen-bond acceptors (Lipinski definition) is 6. The van der Waals surface area contributed by atoms with Gasteiger partial charge in [0.2, 0.25) is 0 Å². The van der Waals surface area contributed by atoms with Crippen molar-refractivity contribution in [2.45, 2.75) is 12.5 Å². The van der Waals surface area contributed by atoms with Crippen LogP contribution in [0.5, 0.6) is 5.75 Å². The highest BCUT2D eigenvalue weighted by Crippen LogP contribution is 2.36. The molecule has 1 aliphatic heterocycles. The van der Waals surface area contributed by atoms with Crippen molar-refractivity contribution in [1.82, 2.24) is 10.1 Å². The Morgan fingerprint density at radius 1 is 1.35 bits per heavy atom. The molecule has 2 heterocycles. The van der Waals surface area contributed by atoms with E-state index in [1.807, 2.05) is 12.1 Å². The molecular weight excluding hydrogens is 296 g/mol. The van der Waals surface area contributed by atoms with E-state index in [2.05, 4.69) is 33.8 Å². The van der Waals surface area contributed by atoms with Crippen molar-refractivity contribution in [2.75, 3.05) is 27.3 Å². The summed E-state index contributed by atoms with van der Waals surface area (Å²) in [6.07, 6.45) is 2.35. The lowest BCUT2D eigenvalue weighted by Gasteiger charge is -2.25. The Kier molecular flexibility index (Phi) is 4.62. The molecular formula is C17H20N2O4. The summed E-state index contributed by atoms with van der Waals surface area (Å²) in [5.41, 5.74) is 1.41. The van der Waals surface area contributed by atoms with Crippen LogP contribution in [0.1, 0.15) is 28.5 Å². The van der Waals surface area contributed by atoms with Crippen molar-refractivity contribution < 1.29 is 18.8 Å². The fraction of sp³-hybridized carbons (Fsp3) is 0.412. The lowest BCUT2D eigenvalue weighted by atomic mass is 9.94. The Balaban J connectivity index is 1.67. The van der Waals surface area contributed by atoms with Crippen molar-refractivity contribution in [3.8, 4) is 5.75 Å². The number of carbonyl (C=O) groups is 1. The zero-order valence-corrected chi connectivity index (χ0v) is 13.3. The number of methoxy groups -OCH3 is 1. The van der Waals surface area contributed by atoms with Gasteiger partial charge in [-0.3, -0.25) is 4.90 Å². The Morgan fingerprint density at radius 3 is 2.78 bits per heavy atom. The van der Waals surface area contributed by atoms with Crippen LogP contribution in [0.25, 0.3) is 0 Å². The van der Waals surface area contributed by atoms with Gasteiger partial charge in [0, 0.05) is 18.0 Å². The molecule has 1 aromatic heterocycles. The van der Waals surface area contributed by atoms with Gasteiger partial charge in [-0.2, -0.15) is 0 Å². The predicted molar refractivity (Wildman–Crippen MR) is 83.3 cm³/mol. The number of nitrogens with zero attached hydrogens (tertiary/aromatic N) is 2. The van der Waals surface area contributed by atoms with E-state index in [-0.39, 0.29) is 17.7 Å². The molecule has 0 radical (unpaired) electrons. The molecule has 1 saturated heterocycles. The molecule has 0 N–H and O–H groups in total. The fourth-order valence-corrected chi connectivity index (χ4v) is 3.10. The minimum Gasteiger partial charge on any atom is -0.497 e. The van der Waals surface area contributed by atoms with Gasteiger partial charge in [0.1, 0.15) is 12.0 Å². The van der Waals surface area contributed by atoms with E-state index in [1.165, 1.54) is 17.9 Å². The third kappa shape index (κ3) is 3.37. The minimum atomic E-state index is -0.443. The smallest absolute Gasteiger partial charge is 0.360 e. The number of benzene rings is 1. The van der Waals surface area contributed by atoms with Crippen LogP contribution in [0.15, 0.2) is 41.1 Å². The maximum absolute atomic E-state index is 11.9. The molecule has 0 spiro atoms. The van der Waals surface area contributed by atoms with Gasteiger partial charge in [-0.1, -0.05) is 17.3 Å². The Morgan fingerprint density at radius 2 is 2.13 bits per heavy atom. The molecule has 3 rings (SSSR count). The van der Waals surface area contributed by atoms with Crippen LogP contribution in [0.3, 0.4) is 0 Å². The van der Waals surface area contributed by atoms with Crippen molar-refractivity contribution in [3.63, 3.8) is 0 Å². The molecule has 0 saturated carbocycles. The van der Waals surface area contributed by atoms with Crippen LogP contribution < -0.4 is 4.74 Å². The third-order valence-electron chi connectivity index (χ3n) is 4.31. The van der Waals surface area contributed by atoms with Crippen molar-refractivity contribution >= 4 is 5.97 Å². The highest BCUT2D eigenvalue weighted by Gasteiger charge is 2.34. The Bertz CT molecular complexity index is 639. The van der Waals surface area contributed by atoms with E-state index in [4.69, 9.17) is 9.47 Å². The van der Waals surface area contributed by atoms with Crippen LogP contribution >= 0.6 is 0 Å². The Hall–Kier alpha value is -2.34. The van der Waals surface area contributed by atoms with Crippen LogP contribution in [-0.4, -0.2) is 43.3 Å². The first-order valence-corrected chi connectivity index (χ1v) is 7.60. The summed E-state index contributed by atoms with van der Waals surface area (Å²) in [7, 11) is 3.75. The van der Waals surface area contributed by atoms with Crippen LogP contribution in [0, 0.1) is 5.92 Å². The van der Waals surface area contributed by atoms with Crippen LogP contribution in [0.2, 0.25) is 0 Å². The van der Waals surface area contributed by atoms with E-state index in [0.717, 1.165) is 18.7 Å². The first-order chi connectivity index (χ1) is 11.2. The van der Waals surface area contributed by atoms with E-state index >= 15 is 0 Å². The summed E-state index contributed by atoms with van der Waals surface area (Å²) in [5.74, 6) is 0.648. The van der Waals surface area contributed by atoms with Gasteiger partial charge in [-0.15, -0.1) is 0 Å². The number of likely N-dealkylation sites (tertiary alicyclic amines) is 1. The molecule has 0 amide bonds. The summed E-state index contributed by atoms with van der Waals surface area (Å²) < 4.78 is 15.3. The largest absolute Gasteiger partial charge is 0.497 e. The minimum absolute atomic E-state index is 0.206. The zero-order valence-electron chi connectivity index (χ0n) is 13.3. The van der Waals surface area contributed by atoms with Crippen molar-refractivity contribution in [2.24, 2.45) is 5.92 Å². The molecule has 1 fully saturated rings. The van der Waals surface area contributed by atoms with Gasteiger partial charge in [-0.05, 0) is 37.7 Å². The van der Waals surface area contributed by atoms with Crippen LogP contribution in [0.4, 0.5) is 0 Å². The lowest BCUT2D eigenvalue weighted by Crippen LogP contribution is -2.24. The summed E-state index contributed by atoms with van der Waals surface area (Å²) in [4.78, 5) is 14.2. The number of rotatable bonds is 5. The second-order valence-electron chi connectivity index (χ2n) is 5.73. The highest BCUT2D eigenvalue weighted by atomic mass is 16.5. The van der Waals surface area contributed by atoms with E-state index in [1.54, 1.807) is 7.11 Å². The predicted octanol–water partition coefficient (Wildman–Crippen LogP) is 2.53. The van der Waals surface area contributed by atoms with Gasteiger partial charge in [0.15, 0.2) is 5.69 Å². The van der Waals surface area contributed by atoms with E-state index < -0.39 is 5.97 Å². The molecule has 0 bridgehead atoms. The molecule has 6 nitrogen and oxygen atoms in total. The second kappa shape index (κ2) is 6.83. The second-order valence-corrected chi connectivity index (χ2v) is 5.73. The standard InChI is InChI=1S/C17H20N2O4/c1-19-9-7-13(11-22-17(20)15-8-10-23-18-15)16(19)12-3-5-14(21-2)6-4-12/h3-6,8,10,13,16H,7,9,11H2,1-2H3/t13-,16-/m0/s1. The molecule has 2 atom stereocenters. The van der Waals surface area contributed by atoms with Crippen LogP contribution in [-0.2, 0) is 4.74 Å². The maximum Gasteiger partial charge on any atom is 0.360 e. The fourth-order valence-electron chi connectivity index (χ4n) is 3.10. The topological polar surface area (TPSA) is 64.8 Å². The Labute approximate surface area is 135 Å². The molecule has 122 valence electrons. The number of hydrogen-bond donors (Lipinski definition) is 0. The normalized spacial score (nSPS) is 21.3. The molecule has 23 heavy (non-hydrogen) atoms. The molecule has 2 aromatic rings. The summed E-state index contributed by atoms with van der Waals surface area (Å²) in [6.45, 7) is 1.34. The molecule has 6 heteroatoms. The monoisotopic (exact) mass is 316 g/mol. The highest BCUT2D eigenvalue weighted by molar-refractivity contribution is 5.86. The quantitative estimate of drug-likeness (QED) is 0.790. The van der Waals surface area contributed by atoms with Crippen molar-refractivity contribution in [1.29, 1.82) is 0 Å².